The maximum atomic E-state index is 13.3. The van der Waals surface area contributed by atoms with Gasteiger partial charge in [-0.05, 0) is 25.1 Å². The summed E-state index contributed by atoms with van der Waals surface area (Å²) in [5, 5.41) is 5.27. The standard InChI is InChI=1S/C28H28N4O5/c1-18(29-24(33)17-37-23-16-10-9-15-22(23)36-3)27(34)31-26-28(35)32(2)21-14-8-7-13-20(21)25(30-26)19-11-5-4-6-12-19/h4-16,18,26H,17H2,1-3H3,(H,29,33)(H,31,34). The first-order chi connectivity index (χ1) is 17.9. The molecule has 0 spiro atoms. The number of ether oxygens (including phenoxy) is 2. The minimum Gasteiger partial charge on any atom is -0.493 e. The SMILES string of the molecule is COc1ccccc1OCC(=O)NC(C)C(=O)NC1N=C(c2ccccc2)c2ccccc2N(C)C1=O. The molecule has 37 heavy (non-hydrogen) atoms. The molecule has 2 N–H and O–H groups in total. The van der Waals surface area contributed by atoms with Crippen LogP contribution in [0.2, 0.25) is 0 Å². The Bertz CT molecular complexity index is 1320. The number of likely N-dealkylation sites (N-methyl/N-ethyl adjacent to an activating group) is 1. The van der Waals surface area contributed by atoms with Gasteiger partial charge in [-0.3, -0.25) is 14.4 Å². The Morgan fingerprint density at radius 2 is 1.62 bits per heavy atom. The van der Waals surface area contributed by atoms with Crippen LogP contribution in [0.15, 0.2) is 83.9 Å². The van der Waals surface area contributed by atoms with E-state index in [1.807, 2.05) is 54.6 Å². The number of hydrogen-bond donors (Lipinski definition) is 2. The van der Waals surface area contributed by atoms with E-state index in [9.17, 15) is 14.4 Å². The number of rotatable bonds is 8. The van der Waals surface area contributed by atoms with Crippen molar-refractivity contribution in [3.8, 4) is 11.5 Å². The van der Waals surface area contributed by atoms with E-state index in [4.69, 9.17) is 9.47 Å². The molecule has 1 aliphatic heterocycles. The van der Waals surface area contributed by atoms with Crippen molar-refractivity contribution in [1.82, 2.24) is 10.6 Å². The molecule has 3 aromatic carbocycles. The van der Waals surface area contributed by atoms with E-state index < -0.39 is 29.9 Å². The quantitative estimate of drug-likeness (QED) is 0.494. The summed E-state index contributed by atoms with van der Waals surface area (Å²) < 4.78 is 10.7. The van der Waals surface area contributed by atoms with Crippen LogP contribution in [0, 0.1) is 0 Å². The van der Waals surface area contributed by atoms with Crippen LogP contribution in [0.4, 0.5) is 5.69 Å². The van der Waals surface area contributed by atoms with Gasteiger partial charge in [0.1, 0.15) is 6.04 Å². The van der Waals surface area contributed by atoms with Crippen LogP contribution in [0.5, 0.6) is 11.5 Å². The summed E-state index contributed by atoms with van der Waals surface area (Å²) >= 11 is 0. The molecule has 0 aliphatic carbocycles. The third kappa shape index (κ3) is 5.78. The van der Waals surface area contributed by atoms with Crippen molar-refractivity contribution >= 4 is 29.1 Å². The molecule has 190 valence electrons. The maximum Gasteiger partial charge on any atom is 0.272 e. The molecule has 2 unspecified atom stereocenters. The highest BCUT2D eigenvalue weighted by Crippen LogP contribution is 2.27. The van der Waals surface area contributed by atoms with E-state index in [-0.39, 0.29) is 6.61 Å². The molecule has 3 aromatic rings. The van der Waals surface area contributed by atoms with Crippen molar-refractivity contribution < 1.29 is 23.9 Å². The number of para-hydroxylation sites is 3. The predicted octanol–water partition coefficient (Wildman–Crippen LogP) is 2.54. The van der Waals surface area contributed by atoms with E-state index in [0.717, 1.165) is 11.1 Å². The van der Waals surface area contributed by atoms with Gasteiger partial charge in [0.2, 0.25) is 12.1 Å². The third-order valence-corrected chi connectivity index (χ3v) is 5.87. The number of amides is 3. The van der Waals surface area contributed by atoms with Crippen molar-refractivity contribution in [2.24, 2.45) is 4.99 Å². The summed E-state index contributed by atoms with van der Waals surface area (Å²) in [5.74, 6) is -0.556. The van der Waals surface area contributed by atoms with Gasteiger partial charge in [0.05, 0.1) is 18.5 Å². The van der Waals surface area contributed by atoms with Crippen LogP contribution < -0.4 is 25.0 Å². The molecule has 1 heterocycles. The van der Waals surface area contributed by atoms with E-state index in [1.165, 1.54) is 18.9 Å². The molecule has 1 aliphatic rings. The second-order valence-electron chi connectivity index (χ2n) is 8.40. The zero-order valence-electron chi connectivity index (χ0n) is 20.8. The number of nitrogens with zero attached hydrogens (tertiary/aromatic N) is 2. The van der Waals surface area contributed by atoms with Crippen molar-refractivity contribution in [2.45, 2.75) is 19.1 Å². The Hall–Kier alpha value is -4.66. The van der Waals surface area contributed by atoms with Crippen LogP contribution in [-0.4, -0.2) is 56.4 Å². The molecule has 3 amide bonds. The minimum absolute atomic E-state index is 0.311. The molecule has 0 saturated carbocycles. The first-order valence-corrected chi connectivity index (χ1v) is 11.7. The summed E-state index contributed by atoms with van der Waals surface area (Å²) in [5.41, 5.74) is 2.85. The number of benzene rings is 3. The lowest BCUT2D eigenvalue weighted by atomic mass is 10.0. The lowest BCUT2D eigenvalue weighted by molar-refractivity contribution is -0.131. The molecule has 2 atom stereocenters. The molecule has 0 aromatic heterocycles. The molecular weight excluding hydrogens is 472 g/mol. The topological polar surface area (TPSA) is 109 Å². The van der Waals surface area contributed by atoms with E-state index in [1.54, 1.807) is 31.3 Å². The van der Waals surface area contributed by atoms with Crippen LogP contribution in [0.1, 0.15) is 18.1 Å². The highest BCUT2D eigenvalue weighted by molar-refractivity contribution is 6.20. The molecule has 0 saturated heterocycles. The Kier molecular flexibility index (Phi) is 7.83. The Balaban J connectivity index is 1.48. The van der Waals surface area contributed by atoms with Crippen LogP contribution in [0.3, 0.4) is 0 Å². The average Bonchev–Trinajstić information content (AvgIpc) is 3.03. The largest absolute Gasteiger partial charge is 0.493 e. The summed E-state index contributed by atoms with van der Waals surface area (Å²) in [6, 6.07) is 22.9. The van der Waals surface area contributed by atoms with Gasteiger partial charge in [0.25, 0.3) is 11.8 Å². The Labute approximate surface area is 215 Å². The first kappa shape index (κ1) is 25.4. The van der Waals surface area contributed by atoms with Gasteiger partial charge in [-0.2, -0.15) is 0 Å². The molecule has 0 fully saturated rings. The number of hydrogen-bond acceptors (Lipinski definition) is 6. The number of benzodiazepines with no additional fused rings is 1. The fraction of sp³-hybridized carbons (Fsp3) is 0.214. The number of carbonyl (C=O) groups excluding carboxylic acids is 3. The second kappa shape index (κ2) is 11.4. The first-order valence-electron chi connectivity index (χ1n) is 11.7. The minimum atomic E-state index is -1.18. The van der Waals surface area contributed by atoms with Gasteiger partial charge >= 0.3 is 0 Å². The molecule has 9 heteroatoms. The molecular formula is C28H28N4O5. The van der Waals surface area contributed by atoms with Gasteiger partial charge in [-0.25, -0.2) is 4.99 Å². The van der Waals surface area contributed by atoms with Gasteiger partial charge < -0.3 is 25.0 Å². The van der Waals surface area contributed by atoms with Gasteiger partial charge in [0, 0.05) is 18.2 Å². The molecule has 4 rings (SSSR count). The zero-order chi connectivity index (χ0) is 26.4. The normalized spacial score (nSPS) is 15.5. The van der Waals surface area contributed by atoms with Crippen molar-refractivity contribution in [2.75, 3.05) is 25.7 Å². The Morgan fingerprint density at radius 1 is 0.973 bits per heavy atom. The van der Waals surface area contributed by atoms with E-state index >= 15 is 0 Å². The van der Waals surface area contributed by atoms with Gasteiger partial charge in [-0.15, -0.1) is 0 Å². The fourth-order valence-corrected chi connectivity index (χ4v) is 3.93. The highest BCUT2D eigenvalue weighted by atomic mass is 16.5. The monoisotopic (exact) mass is 500 g/mol. The smallest absolute Gasteiger partial charge is 0.272 e. The number of fused-ring (bicyclic) bond motifs is 1. The van der Waals surface area contributed by atoms with Crippen LogP contribution in [-0.2, 0) is 14.4 Å². The van der Waals surface area contributed by atoms with Crippen LogP contribution >= 0.6 is 0 Å². The number of aliphatic imine (C=N–C) groups is 1. The van der Waals surface area contributed by atoms with E-state index in [0.29, 0.717) is 22.9 Å². The summed E-state index contributed by atoms with van der Waals surface area (Å²) in [6.07, 6.45) is -1.18. The molecule has 9 nitrogen and oxygen atoms in total. The fourth-order valence-electron chi connectivity index (χ4n) is 3.93. The number of methoxy groups -OCH3 is 1. The van der Waals surface area contributed by atoms with Crippen molar-refractivity contribution in [3.05, 3.63) is 90.0 Å². The predicted molar refractivity (Wildman–Crippen MR) is 140 cm³/mol. The average molecular weight is 501 g/mol. The van der Waals surface area contributed by atoms with E-state index in [2.05, 4.69) is 15.6 Å². The van der Waals surface area contributed by atoms with Crippen molar-refractivity contribution in [3.63, 3.8) is 0 Å². The summed E-state index contributed by atoms with van der Waals surface area (Å²) in [4.78, 5) is 44.8. The molecule has 0 bridgehead atoms. The third-order valence-electron chi connectivity index (χ3n) is 5.87. The number of anilines is 1. The van der Waals surface area contributed by atoms with Crippen LogP contribution in [0.25, 0.3) is 0 Å². The lowest BCUT2D eigenvalue weighted by Gasteiger charge is -2.22. The van der Waals surface area contributed by atoms with Gasteiger partial charge in [0.15, 0.2) is 18.1 Å². The summed E-state index contributed by atoms with van der Waals surface area (Å²) in [7, 11) is 3.15. The Morgan fingerprint density at radius 3 is 2.35 bits per heavy atom. The summed E-state index contributed by atoms with van der Waals surface area (Å²) in [6.45, 7) is 1.21. The molecule has 0 radical (unpaired) electrons. The number of carbonyl (C=O) groups is 3. The van der Waals surface area contributed by atoms with Crippen molar-refractivity contribution in [1.29, 1.82) is 0 Å². The second-order valence-corrected chi connectivity index (χ2v) is 8.40. The number of nitrogens with one attached hydrogen (secondary N) is 2. The maximum absolute atomic E-state index is 13.3. The van der Waals surface area contributed by atoms with Gasteiger partial charge in [-0.1, -0.05) is 60.7 Å². The lowest BCUT2D eigenvalue weighted by Crippen LogP contribution is -2.52. The zero-order valence-corrected chi connectivity index (χ0v) is 20.8. The highest BCUT2D eigenvalue weighted by Gasteiger charge is 2.32.